The summed E-state index contributed by atoms with van der Waals surface area (Å²) in [6.07, 6.45) is 0. The molecule has 0 saturated heterocycles. The van der Waals surface area contributed by atoms with E-state index in [1.807, 2.05) is 133 Å². The molecule has 2 aromatic carbocycles. The molecule has 7 rings (SSSR count). The maximum absolute atomic E-state index is 6.26. The zero-order chi connectivity index (χ0) is 25.3. The van der Waals surface area contributed by atoms with Gasteiger partial charge in [0.2, 0.25) is 0 Å². The van der Waals surface area contributed by atoms with E-state index >= 15 is 0 Å². The minimum absolute atomic E-state index is 0.710. The van der Waals surface area contributed by atoms with E-state index in [0.29, 0.717) is 22.3 Å². The van der Waals surface area contributed by atoms with Gasteiger partial charge >= 0.3 is 0 Å². The zero-order valence-electron chi connectivity index (χ0n) is 20.3. The van der Waals surface area contributed by atoms with E-state index in [-0.39, 0.29) is 0 Å². The first-order chi connectivity index (χ1) is 18.8. The van der Waals surface area contributed by atoms with Gasteiger partial charge in [-0.25, -0.2) is 0 Å². The van der Waals surface area contributed by atoms with Gasteiger partial charge in [0.05, 0.1) is 11.1 Å². The minimum Gasteiger partial charge on any atom is -0.457 e. The first-order valence-corrected chi connectivity index (χ1v) is 12.4. The van der Waals surface area contributed by atoms with Crippen molar-refractivity contribution in [3.05, 3.63) is 133 Å². The molecule has 0 radical (unpaired) electrons. The van der Waals surface area contributed by atoms with Crippen LogP contribution in [0.4, 0.5) is 0 Å². The number of furan rings is 4. The predicted octanol–water partition coefficient (Wildman–Crippen LogP) is 10.3. The zero-order valence-corrected chi connectivity index (χ0v) is 20.3. The quantitative estimate of drug-likeness (QED) is 0.240. The van der Waals surface area contributed by atoms with Gasteiger partial charge < -0.3 is 17.7 Å². The average Bonchev–Trinajstić information content (AvgIpc) is 3.77. The fourth-order valence-corrected chi connectivity index (χ4v) is 4.66. The summed E-state index contributed by atoms with van der Waals surface area (Å²) in [5.74, 6) is 0. The van der Waals surface area contributed by atoms with Crippen molar-refractivity contribution in [1.29, 1.82) is 0 Å². The van der Waals surface area contributed by atoms with Crippen molar-refractivity contribution in [2.45, 2.75) is 0 Å². The second kappa shape index (κ2) is 9.34. The van der Waals surface area contributed by atoms with Crippen molar-refractivity contribution < 1.29 is 17.7 Å². The molecular formula is C34H22O4. The topological polar surface area (TPSA) is 52.6 Å². The third-order valence-corrected chi connectivity index (χ3v) is 6.44. The van der Waals surface area contributed by atoms with Crippen LogP contribution in [0.2, 0.25) is 0 Å². The molecule has 4 nitrogen and oxygen atoms in total. The number of rotatable bonds is 2. The lowest BCUT2D eigenvalue weighted by molar-refractivity contribution is 0.650. The first kappa shape index (κ1) is 22.0. The van der Waals surface area contributed by atoms with Gasteiger partial charge in [-0.05, 0) is 83.9 Å². The summed E-state index contributed by atoms with van der Waals surface area (Å²) in [4.78, 5) is 0. The highest BCUT2D eigenvalue weighted by Gasteiger charge is 2.10. The van der Waals surface area contributed by atoms with E-state index in [2.05, 4.69) is 0 Å². The van der Waals surface area contributed by atoms with Gasteiger partial charge in [-0.1, -0.05) is 60.7 Å². The summed E-state index contributed by atoms with van der Waals surface area (Å²) < 4.78 is 25.0. The maximum atomic E-state index is 6.26. The van der Waals surface area contributed by atoms with Crippen molar-refractivity contribution in [3.8, 4) is 22.3 Å². The second-order valence-electron chi connectivity index (χ2n) is 8.96. The van der Waals surface area contributed by atoms with Crippen LogP contribution in [0.3, 0.4) is 0 Å². The van der Waals surface area contributed by atoms with Crippen LogP contribution < -0.4 is 0 Å². The Bertz CT molecular complexity index is 1760. The average molecular weight is 495 g/mol. The smallest absolute Gasteiger partial charge is 0.139 e. The molecule has 8 bridgehead atoms. The highest BCUT2D eigenvalue weighted by Crippen LogP contribution is 2.33. The third-order valence-electron chi connectivity index (χ3n) is 6.44. The molecule has 182 valence electrons. The summed E-state index contributed by atoms with van der Waals surface area (Å²) >= 11 is 0. The van der Waals surface area contributed by atoms with Crippen molar-refractivity contribution in [2.75, 3.05) is 0 Å². The normalized spacial score (nSPS) is 11.2. The minimum atomic E-state index is 0.710. The molecule has 0 aliphatic rings. The molecule has 0 unspecified atom stereocenters. The van der Waals surface area contributed by atoms with Crippen molar-refractivity contribution >= 4 is 44.7 Å². The predicted molar refractivity (Wildman–Crippen MR) is 152 cm³/mol. The maximum Gasteiger partial charge on any atom is 0.139 e. The van der Waals surface area contributed by atoms with Crippen LogP contribution in [-0.4, -0.2) is 0 Å². The monoisotopic (exact) mass is 494 g/mol. The van der Waals surface area contributed by atoms with Crippen LogP contribution in [0, 0.1) is 0 Å². The molecule has 0 aliphatic heterocycles. The molecule has 5 heterocycles. The number of hydrogen-bond acceptors (Lipinski definition) is 4. The molecule has 0 atom stereocenters. The van der Waals surface area contributed by atoms with Gasteiger partial charge in [-0.3, -0.25) is 0 Å². The van der Waals surface area contributed by atoms with Crippen molar-refractivity contribution in [3.63, 3.8) is 0 Å². The molecule has 4 heteroatoms. The summed E-state index contributed by atoms with van der Waals surface area (Å²) in [5.41, 5.74) is 9.50. The Kier molecular flexibility index (Phi) is 5.41. The molecule has 0 aliphatic carbocycles. The van der Waals surface area contributed by atoms with Gasteiger partial charge in [-0.2, -0.15) is 0 Å². The highest BCUT2D eigenvalue weighted by molar-refractivity contribution is 5.92. The molecule has 0 saturated carbocycles. The molecule has 5 aromatic heterocycles. The second-order valence-corrected chi connectivity index (χ2v) is 8.96. The molecule has 0 N–H and O–H groups in total. The van der Waals surface area contributed by atoms with Gasteiger partial charge in [-0.15, -0.1) is 0 Å². The lowest BCUT2D eigenvalue weighted by Crippen LogP contribution is -1.76. The van der Waals surface area contributed by atoms with Gasteiger partial charge in [0.1, 0.15) is 44.7 Å². The van der Waals surface area contributed by atoms with Crippen LogP contribution in [0.1, 0.15) is 0 Å². The largest absolute Gasteiger partial charge is 0.457 e. The third kappa shape index (κ3) is 4.18. The Morgan fingerprint density at radius 2 is 0.526 bits per heavy atom. The number of hydrogen-bond donors (Lipinski definition) is 0. The SMILES string of the molecule is c1ccc(-c2c3ccc(ccc4ccc(o4)c(-c4ccccc4)c4ccc(ccc5ccc2o5)o4)o3)cc1. The Labute approximate surface area is 218 Å². The van der Waals surface area contributed by atoms with Crippen LogP contribution in [0.15, 0.2) is 151 Å². The molecule has 0 amide bonds. The summed E-state index contributed by atoms with van der Waals surface area (Å²) in [5, 5.41) is 0. The fourth-order valence-electron chi connectivity index (χ4n) is 4.66. The van der Waals surface area contributed by atoms with Crippen molar-refractivity contribution in [1.82, 2.24) is 0 Å². The molecule has 0 fully saturated rings. The Morgan fingerprint density at radius 1 is 0.263 bits per heavy atom. The van der Waals surface area contributed by atoms with E-state index in [1.54, 1.807) is 0 Å². The molecule has 0 spiro atoms. The van der Waals surface area contributed by atoms with E-state index in [0.717, 1.165) is 44.6 Å². The summed E-state index contributed by atoms with van der Waals surface area (Å²) in [6.45, 7) is 0. The Morgan fingerprint density at radius 3 is 0.816 bits per heavy atom. The molecule has 7 aromatic rings. The van der Waals surface area contributed by atoms with Crippen LogP contribution in [-0.2, 0) is 0 Å². The van der Waals surface area contributed by atoms with Gasteiger partial charge in [0.25, 0.3) is 0 Å². The van der Waals surface area contributed by atoms with Crippen LogP contribution in [0.5, 0.6) is 0 Å². The van der Waals surface area contributed by atoms with Crippen LogP contribution >= 0.6 is 0 Å². The summed E-state index contributed by atoms with van der Waals surface area (Å²) in [6, 6.07) is 43.5. The molecular weight excluding hydrogens is 472 g/mol. The number of benzene rings is 2. The van der Waals surface area contributed by atoms with E-state index in [1.165, 1.54) is 0 Å². The lowest BCUT2D eigenvalue weighted by Gasteiger charge is -2.00. The first-order valence-electron chi connectivity index (χ1n) is 12.4. The van der Waals surface area contributed by atoms with Gasteiger partial charge in [0, 0.05) is 0 Å². The Balaban J connectivity index is 1.55. The molecule has 38 heavy (non-hydrogen) atoms. The fraction of sp³-hybridized carbons (Fsp3) is 0. The van der Waals surface area contributed by atoms with Crippen molar-refractivity contribution in [2.24, 2.45) is 0 Å². The van der Waals surface area contributed by atoms with E-state index < -0.39 is 0 Å². The van der Waals surface area contributed by atoms with E-state index in [9.17, 15) is 0 Å². The Hall–Kier alpha value is -5.22. The van der Waals surface area contributed by atoms with Gasteiger partial charge in [0.15, 0.2) is 0 Å². The van der Waals surface area contributed by atoms with Crippen LogP contribution in [0.25, 0.3) is 66.9 Å². The summed E-state index contributed by atoms with van der Waals surface area (Å²) in [7, 11) is 0. The lowest BCUT2D eigenvalue weighted by atomic mass is 10.1. The number of fused-ring (bicyclic) bond motifs is 8. The highest BCUT2D eigenvalue weighted by atomic mass is 16.4. The standard InChI is InChI=1S/C34H22O4/c1-3-7-23(8-4-1)33-29-19-15-25(35-29)11-13-27-17-21-31(37-27)34(24-9-5-2-6-10-24)32-22-18-28(38-32)14-12-26-16-20-30(33)36-26/h1-22H. The van der Waals surface area contributed by atoms with E-state index in [4.69, 9.17) is 17.7 Å².